The van der Waals surface area contributed by atoms with Gasteiger partial charge in [0.2, 0.25) is 0 Å². The van der Waals surface area contributed by atoms with Gasteiger partial charge in [-0.2, -0.15) is 0 Å². The minimum absolute atomic E-state index is 0.0122. The smallest absolute Gasteiger partial charge is 0.252 e. The Morgan fingerprint density at radius 2 is 2.50 bits per heavy atom. The topological polar surface area (TPSA) is 29.1 Å². The van der Waals surface area contributed by atoms with Crippen LogP contribution in [0.15, 0.2) is 11.4 Å². The zero-order chi connectivity index (χ0) is 10.6. The maximum Gasteiger partial charge on any atom is 0.252 e. The van der Waals surface area contributed by atoms with Crippen molar-refractivity contribution in [2.75, 3.05) is 5.88 Å². The van der Waals surface area contributed by atoms with E-state index in [2.05, 4.69) is 27.9 Å². The molecule has 1 aromatic rings. The molecule has 0 fully saturated rings. The number of halogens is 2. The van der Waals surface area contributed by atoms with Crippen molar-refractivity contribution < 1.29 is 4.79 Å². The summed E-state index contributed by atoms with van der Waals surface area (Å²) in [4.78, 5) is 11.6. The van der Waals surface area contributed by atoms with Gasteiger partial charge in [0.1, 0.15) is 0 Å². The van der Waals surface area contributed by atoms with E-state index >= 15 is 0 Å². The van der Waals surface area contributed by atoms with E-state index in [9.17, 15) is 4.79 Å². The molecule has 0 saturated heterocycles. The number of carbonyl (C=O) groups excluding carboxylic acids is 1. The van der Waals surface area contributed by atoms with Crippen molar-refractivity contribution in [3.05, 3.63) is 19.9 Å². The predicted octanol–water partition coefficient (Wildman–Crippen LogP) is 3.10. The second-order valence-corrected chi connectivity index (χ2v) is 6.18. The molecule has 1 amide bonds. The summed E-state index contributed by atoms with van der Waals surface area (Å²) in [6.07, 6.45) is 0.800. The quantitative estimate of drug-likeness (QED) is 0.660. The van der Waals surface area contributed by atoms with Gasteiger partial charge in [0.05, 0.1) is 8.45 Å². The number of hydrogen-bond acceptors (Lipinski definition) is 2. The molecule has 0 aliphatic rings. The summed E-state index contributed by atoms with van der Waals surface area (Å²) in [7, 11) is 0. The zero-order valence-electron chi connectivity index (χ0n) is 7.72. The van der Waals surface area contributed by atoms with E-state index in [1.165, 1.54) is 0 Å². The number of carbonyl (C=O) groups is 1. The van der Waals surface area contributed by atoms with Crippen LogP contribution in [0, 0.1) is 2.88 Å². The highest BCUT2D eigenvalue weighted by Crippen LogP contribution is 2.16. The minimum atomic E-state index is -0.0122. The van der Waals surface area contributed by atoms with E-state index in [1.807, 2.05) is 18.4 Å². The fraction of sp³-hybridized carbons (Fsp3) is 0.444. The summed E-state index contributed by atoms with van der Waals surface area (Å²) in [5.74, 6) is 0.560. The molecule has 78 valence electrons. The molecule has 0 spiro atoms. The fourth-order valence-electron chi connectivity index (χ4n) is 0.972. The first kappa shape index (κ1) is 12.3. The molecule has 0 radical (unpaired) electrons. The lowest BCUT2D eigenvalue weighted by Crippen LogP contribution is -2.32. The van der Waals surface area contributed by atoms with Gasteiger partial charge < -0.3 is 5.32 Å². The van der Waals surface area contributed by atoms with Gasteiger partial charge in [-0.25, -0.2) is 0 Å². The van der Waals surface area contributed by atoms with Crippen LogP contribution < -0.4 is 5.32 Å². The summed E-state index contributed by atoms with van der Waals surface area (Å²) < 4.78 is 1.12. The van der Waals surface area contributed by atoms with E-state index in [-0.39, 0.29) is 11.9 Å². The molecule has 0 saturated carbocycles. The Balaban J connectivity index is 2.50. The molecular weight excluding hydrogens is 333 g/mol. The molecule has 0 aliphatic heterocycles. The Morgan fingerprint density at radius 1 is 1.79 bits per heavy atom. The number of rotatable bonds is 4. The molecule has 1 heterocycles. The van der Waals surface area contributed by atoms with Gasteiger partial charge in [0, 0.05) is 17.3 Å². The molecule has 2 nitrogen and oxygen atoms in total. The van der Waals surface area contributed by atoms with Crippen LogP contribution in [0.5, 0.6) is 0 Å². The second kappa shape index (κ2) is 5.92. The van der Waals surface area contributed by atoms with E-state index in [4.69, 9.17) is 11.6 Å². The third-order valence-corrected chi connectivity index (χ3v) is 3.76. The third kappa shape index (κ3) is 3.74. The number of thiophene rings is 1. The van der Waals surface area contributed by atoms with Crippen LogP contribution in [0.3, 0.4) is 0 Å². The average molecular weight is 344 g/mol. The van der Waals surface area contributed by atoms with Gasteiger partial charge in [-0.1, -0.05) is 0 Å². The van der Waals surface area contributed by atoms with Crippen LogP contribution >= 0.6 is 45.5 Å². The number of nitrogens with one attached hydrogen (secondary N) is 1. The van der Waals surface area contributed by atoms with Crippen molar-refractivity contribution in [3.8, 4) is 0 Å². The van der Waals surface area contributed by atoms with Crippen LogP contribution in [0.4, 0.5) is 0 Å². The van der Waals surface area contributed by atoms with Gasteiger partial charge >= 0.3 is 0 Å². The van der Waals surface area contributed by atoms with Crippen LogP contribution in [-0.4, -0.2) is 17.8 Å². The van der Waals surface area contributed by atoms with Gasteiger partial charge in [0.25, 0.3) is 5.91 Å². The monoisotopic (exact) mass is 343 g/mol. The van der Waals surface area contributed by atoms with Gasteiger partial charge in [-0.05, 0) is 42.0 Å². The molecule has 1 unspecified atom stereocenters. The van der Waals surface area contributed by atoms with E-state index in [0.29, 0.717) is 5.88 Å². The van der Waals surface area contributed by atoms with E-state index < -0.39 is 0 Å². The Kier molecular flexibility index (Phi) is 5.19. The van der Waals surface area contributed by atoms with Crippen molar-refractivity contribution in [1.29, 1.82) is 0 Å². The fourth-order valence-corrected chi connectivity index (χ4v) is 2.63. The summed E-state index contributed by atoms with van der Waals surface area (Å²) in [5, 5.41) is 4.76. The van der Waals surface area contributed by atoms with Crippen LogP contribution in [0.1, 0.15) is 23.7 Å². The predicted molar refractivity (Wildman–Crippen MR) is 69.3 cm³/mol. The highest BCUT2D eigenvalue weighted by atomic mass is 127. The lowest BCUT2D eigenvalue weighted by atomic mass is 10.2. The third-order valence-electron chi connectivity index (χ3n) is 1.75. The first-order valence-electron chi connectivity index (χ1n) is 4.24. The minimum Gasteiger partial charge on any atom is -0.350 e. The molecule has 1 N–H and O–H groups in total. The van der Waals surface area contributed by atoms with Gasteiger partial charge in [-0.3, -0.25) is 4.79 Å². The molecule has 0 aromatic carbocycles. The average Bonchev–Trinajstić information content (AvgIpc) is 2.52. The lowest BCUT2D eigenvalue weighted by molar-refractivity contribution is 0.0940. The molecule has 1 rings (SSSR count). The molecule has 0 bridgehead atoms. The van der Waals surface area contributed by atoms with Crippen LogP contribution in [-0.2, 0) is 0 Å². The van der Waals surface area contributed by atoms with Crippen molar-refractivity contribution in [2.24, 2.45) is 0 Å². The Morgan fingerprint density at radius 3 is 3.00 bits per heavy atom. The van der Waals surface area contributed by atoms with Crippen molar-refractivity contribution in [1.82, 2.24) is 5.32 Å². The SMILES string of the molecule is CC(CCCl)NC(=O)c1csc(I)c1. The normalized spacial score (nSPS) is 12.5. The van der Waals surface area contributed by atoms with Crippen LogP contribution in [0.25, 0.3) is 0 Å². The van der Waals surface area contributed by atoms with E-state index in [0.717, 1.165) is 14.9 Å². The first-order chi connectivity index (χ1) is 6.63. The zero-order valence-corrected chi connectivity index (χ0v) is 11.4. The van der Waals surface area contributed by atoms with E-state index in [1.54, 1.807) is 11.3 Å². The number of hydrogen-bond donors (Lipinski definition) is 1. The maximum atomic E-state index is 11.6. The van der Waals surface area contributed by atoms with Crippen LogP contribution in [0.2, 0.25) is 0 Å². The molecule has 1 aromatic heterocycles. The summed E-state index contributed by atoms with van der Waals surface area (Å²) in [6, 6.07) is 2.02. The molecule has 0 aliphatic carbocycles. The largest absolute Gasteiger partial charge is 0.350 e. The molecule has 14 heavy (non-hydrogen) atoms. The van der Waals surface area contributed by atoms with Crippen molar-refractivity contribution >= 4 is 51.4 Å². The van der Waals surface area contributed by atoms with Gasteiger partial charge in [0.15, 0.2) is 0 Å². The summed E-state index contributed by atoms with van der Waals surface area (Å²) in [5.41, 5.74) is 0.737. The maximum absolute atomic E-state index is 11.6. The molecule has 5 heteroatoms. The van der Waals surface area contributed by atoms with Crippen molar-refractivity contribution in [2.45, 2.75) is 19.4 Å². The second-order valence-electron chi connectivity index (χ2n) is 2.99. The first-order valence-corrected chi connectivity index (χ1v) is 6.73. The molecule has 1 atom stereocenters. The summed E-state index contributed by atoms with van der Waals surface area (Å²) in [6.45, 7) is 1.96. The highest BCUT2D eigenvalue weighted by Gasteiger charge is 2.10. The Labute approximate surface area is 106 Å². The summed E-state index contributed by atoms with van der Waals surface area (Å²) >= 11 is 9.35. The number of alkyl halides is 1. The van der Waals surface area contributed by atoms with Crippen molar-refractivity contribution in [3.63, 3.8) is 0 Å². The Bertz CT molecular complexity index is 316. The number of amides is 1. The Hall–Kier alpha value is 0.190. The standard InChI is InChI=1S/C9H11ClINOS/c1-6(2-3-10)12-9(13)7-4-8(11)14-5-7/h4-6H,2-3H2,1H3,(H,12,13). The van der Waals surface area contributed by atoms with Gasteiger partial charge in [-0.15, -0.1) is 22.9 Å². The lowest BCUT2D eigenvalue weighted by Gasteiger charge is -2.10. The molecular formula is C9H11ClINOS. The highest BCUT2D eigenvalue weighted by molar-refractivity contribution is 14.1.